The van der Waals surface area contributed by atoms with E-state index >= 15 is 0 Å². The monoisotopic (exact) mass is 404 g/mol. The first kappa shape index (κ1) is 19.5. The zero-order valence-electron chi connectivity index (χ0n) is 17.0. The van der Waals surface area contributed by atoms with Crippen LogP contribution in [-0.4, -0.2) is 18.9 Å². The average molecular weight is 405 g/mol. The molecular weight excluding hydrogens is 380 g/mol. The van der Waals surface area contributed by atoms with Crippen LogP contribution in [-0.2, 0) is 6.42 Å². The highest BCUT2D eigenvalue weighted by Gasteiger charge is 2.35. The number of aliphatic imine (C=N–C) groups is 1. The summed E-state index contributed by atoms with van der Waals surface area (Å²) in [6.07, 6.45) is 0.936. The fourth-order valence-corrected chi connectivity index (χ4v) is 3.99. The van der Waals surface area contributed by atoms with E-state index in [1.807, 2.05) is 24.3 Å². The maximum absolute atomic E-state index is 6.13. The van der Waals surface area contributed by atoms with Crippen molar-refractivity contribution in [2.75, 3.05) is 12.0 Å². The molecule has 0 radical (unpaired) electrons. The molecule has 2 unspecified atom stereocenters. The van der Waals surface area contributed by atoms with E-state index in [-0.39, 0.29) is 12.2 Å². The number of hydrogen-bond acceptors (Lipinski definition) is 3. The van der Waals surface area contributed by atoms with Crippen molar-refractivity contribution in [3.8, 4) is 5.75 Å². The molecule has 4 heteroatoms. The van der Waals surface area contributed by atoms with Gasteiger partial charge in [-0.25, -0.2) is 0 Å². The first-order chi connectivity index (χ1) is 14.1. The number of halogens is 1. The Hall–Kier alpha value is -2.78. The number of anilines is 1. The van der Waals surface area contributed by atoms with Crippen molar-refractivity contribution in [1.29, 1.82) is 0 Å². The van der Waals surface area contributed by atoms with Gasteiger partial charge >= 0.3 is 0 Å². The fourth-order valence-electron chi connectivity index (χ4n) is 3.86. The van der Waals surface area contributed by atoms with Crippen molar-refractivity contribution in [3.05, 3.63) is 94.5 Å². The standard InChI is InChI=1S/C25H25ClN2O/c1-4-18-5-7-19(8-6-18)24-17(2)28(22-13-11-21(26)12-14-22)25(27-24)20-9-15-23(29-3)16-10-20/h5-17,25H,4H2,1-3H3. The fraction of sp³-hybridized carbons (Fsp3) is 0.240. The van der Waals surface area contributed by atoms with Gasteiger partial charge in [0.1, 0.15) is 11.9 Å². The largest absolute Gasteiger partial charge is 0.497 e. The van der Waals surface area contributed by atoms with Crippen LogP contribution >= 0.6 is 11.6 Å². The molecule has 3 nitrogen and oxygen atoms in total. The summed E-state index contributed by atoms with van der Waals surface area (Å²) < 4.78 is 5.33. The zero-order chi connectivity index (χ0) is 20.4. The molecule has 0 spiro atoms. The van der Waals surface area contributed by atoms with Crippen LogP contribution in [0.3, 0.4) is 0 Å². The summed E-state index contributed by atoms with van der Waals surface area (Å²) in [4.78, 5) is 7.52. The van der Waals surface area contributed by atoms with E-state index in [2.05, 4.69) is 67.3 Å². The number of ether oxygens (including phenoxy) is 1. The van der Waals surface area contributed by atoms with Gasteiger partial charge in [0.05, 0.1) is 18.9 Å². The Morgan fingerprint density at radius 1 is 0.931 bits per heavy atom. The summed E-state index contributed by atoms with van der Waals surface area (Å²) in [6, 6.07) is 25.0. The van der Waals surface area contributed by atoms with E-state index in [9.17, 15) is 0 Å². The normalized spacial score (nSPS) is 18.6. The maximum atomic E-state index is 6.13. The lowest BCUT2D eigenvalue weighted by Crippen LogP contribution is -2.35. The molecule has 0 aromatic heterocycles. The van der Waals surface area contributed by atoms with Crippen LogP contribution in [0.2, 0.25) is 5.02 Å². The summed E-state index contributed by atoms with van der Waals surface area (Å²) in [7, 11) is 1.68. The number of rotatable bonds is 5. The van der Waals surface area contributed by atoms with E-state index in [0.29, 0.717) is 0 Å². The first-order valence-corrected chi connectivity index (χ1v) is 10.3. The third-order valence-electron chi connectivity index (χ3n) is 5.53. The van der Waals surface area contributed by atoms with Crippen molar-refractivity contribution in [3.63, 3.8) is 0 Å². The zero-order valence-corrected chi connectivity index (χ0v) is 17.7. The van der Waals surface area contributed by atoms with E-state index in [1.54, 1.807) is 7.11 Å². The second-order valence-electron chi connectivity index (χ2n) is 7.27. The molecule has 3 aromatic carbocycles. The van der Waals surface area contributed by atoms with Gasteiger partial charge in [-0.2, -0.15) is 0 Å². The Balaban J connectivity index is 1.76. The smallest absolute Gasteiger partial charge is 0.148 e. The molecule has 0 saturated heterocycles. The van der Waals surface area contributed by atoms with Crippen LogP contribution < -0.4 is 9.64 Å². The summed E-state index contributed by atoms with van der Waals surface area (Å²) in [5.41, 5.74) is 5.84. The topological polar surface area (TPSA) is 24.8 Å². The number of methoxy groups -OCH3 is 1. The third kappa shape index (κ3) is 3.88. The molecule has 0 aliphatic carbocycles. The van der Waals surface area contributed by atoms with Crippen LogP contribution in [0.25, 0.3) is 0 Å². The quantitative estimate of drug-likeness (QED) is 0.498. The van der Waals surface area contributed by atoms with Crippen molar-refractivity contribution in [2.45, 2.75) is 32.5 Å². The Bertz CT molecular complexity index is 995. The first-order valence-electron chi connectivity index (χ1n) is 9.95. The Kier molecular flexibility index (Phi) is 5.59. The molecule has 4 rings (SSSR count). The summed E-state index contributed by atoms with van der Waals surface area (Å²) in [6.45, 7) is 4.39. The summed E-state index contributed by atoms with van der Waals surface area (Å²) >= 11 is 6.13. The number of benzene rings is 3. The van der Waals surface area contributed by atoms with Crippen LogP contribution in [0, 0.1) is 0 Å². The molecule has 2 atom stereocenters. The van der Waals surface area contributed by atoms with Crippen molar-refractivity contribution >= 4 is 23.0 Å². The molecule has 0 fully saturated rings. The number of aryl methyl sites for hydroxylation is 1. The van der Waals surface area contributed by atoms with Crippen molar-refractivity contribution in [2.24, 2.45) is 4.99 Å². The van der Waals surface area contributed by atoms with Gasteiger partial charge in [0.25, 0.3) is 0 Å². The highest BCUT2D eigenvalue weighted by Crippen LogP contribution is 2.38. The van der Waals surface area contributed by atoms with Crippen LogP contribution in [0.1, 0.15) is 36.7 Å². The van der Waals surface area contributed by atoms with Crippen molar-refractivity contribution in [1.82, 2.24) is 0 Å². The highest BCUT2D eigenvalue weighted by atomic mass is 35.5. The van der Waals surface area contributed by atoms with Crippen LogP contribution in [0.4, 0.5) is 5.69 Å². The Labute approximate surface area is 177 Å². The minimum Gasteiger partial charge on any atom is -0.497 e. The van der Waals surface area contributed by atoms with Crippen LogP contribution in [0.5, 0.6) is 5.75 Å². The molecule has 0 saturated carbocycles. The predicted molar refractivity (Wildman–Crippen MR) is 121 cm³/mol. The van der Waals surface area contributed by atoms with E-state index < -0.39 is 0 Å². The number of hydrogen-bond donors (Lipinski definition) is 0. The molecule has 29 heavy (non-hydrogen) atoms. The van der Waals surface area contributed by atoms with E-state index in [1.165, 1.54) is 11.1 Å². The summed E-state index contributed by atoms with van der Waals surface area (Å²) in [5.74, 6) is 0.845. The van der Waals surface area contributed by atoms with Crippen LogP contribution in [0.15, 0.2) is 77.8 Å². The second-order valence-corrected chi connectivity index (χ2v) is 7.71. The maximum Gasteiger partial charge on any atom is 0.148 e. The van der Waals surface area contributed by atoms with Gasteiger partial charge in [-0.1, -0.05) is 54.9 Å². The minimum absolute atomic E-state index is 0.0991. The van der Waals surface area contributed by atoms with Gasteiger partial charge in [-0.3, -0.25) is 4.99 Å². The lowest BCUT2D eigenvalue weighted by molar-refractivity contribution is 0.414. The van der Waals surface area contributed by atoms with E-state index in [4.69, 9.17) is 21.3 Å². The molecule has 0 amide bonds. The molecule has 148 valence electrons. The SMILES string of the molecule is CCc1ccc(C2=NC(c3ccc(OC)cc3)N(c3ccc(Cl)cc3)C2C)cc1. The van der Waals surface area contributed by atoms with Gasteiger partial charge in [-0.05, 0) is 66.4 Å². The van der Waals surface area contributed by atoms with Gasteiger partial charge in [0.15, 0.2) is 0 Å². The second kappa shape index (κ2) is 8.30. The lowest BCUT2D eigenvalue weighted by atomic mass is 10.0. The molecular formula is C25H25ClN2O. The Morgan fingerprint density at radius 3 is 2.17 bits per heavy atom. The molecule has 1 aliphatic heterocycles. The highest BCUT2D eigenvalue weighted by molar-refractivity contribution is 6.30. The lowest BCUT2D eigenvalue weighted by Gasteiger charge is -2.30. The molecule has 1 aliphatic rings. The van der Waals surface area contributed by atoms with Gasteiger partial charge in [-0.15, -0.1) is 0 Å². The third-order valence-corrected chi connectivity index (χ3v) is 5.79. The van der Waals surface area contributed by atoms with Gasteiger partial charge in [0, 0.05) is 10.7 Å². The Morgan fingerprint density at radius 2 is 1.59 bits per heavy atom. The minimum atomic E-state index is -0.0991. The van der Waals surface area contributed by atoms with E-state index in [0.717, 1.165) is 34.2 Å². The van der Waals surface area contributed by atoms with Gasteiger partial charge in [0.2, 0.25) is 0 Å². The molecule has 1 heterocycles. The predicted octanol–water partition coefficient (Wildman–Crippen LogP) is 6.31. The average Bonchev–Trinajstić information content (AvgIpc) is 3.11. The van der Waals surface area contributed by atoms with Gasteiger partial charge < -0.3 is 9.64 Å². The molecule has 0 N–H and O–H groups in total. The van der Waals surface area contributed by atoms with Crippen molar-refractivity contribution < 1.29 is 4.74 Å². The molecule has 3 aromatic rings. The number of nitrogens with zero attached hydrogens (tertiary/aromatic N) is 2. The summed E-state index contributed by atoms with van der Waals surface area (Å²) in [5, 5.41) is 0.734. The molecule has 0 bridgehead atoms.